The summed E-state index contributed by atoms with van der Waals surface area (Å²) in [6.07, 6.45) is 5.11. The molecule has 16 heavy (non-hydrogen) atoms. The van der Waals surface area contributed by atoms with E-state index in [1.54, 1.807) is 11.3 Å². The second kappa shape index (κ2) is 5.27. The van der Waals surface area contributed by atoms with Gasteiger partial charge in [-0.1, -0.05) is 6.07 Å². The van der Waals surface area contributed by atoms with E-state index in [4.69, 9.17) is 0 Å². The highest BCUT2D eigenvalue weighted by Gasteiger charge is 2.12. The second-order valence-electron chi connectivity index (χ2n) is 3.75. The van der Waals surface area contributed by atoms with Gasteiger partial charge in [-0.2, -0.15) is 5.10 Å². The first-order valence-corrected chi connectivity index (χ1v) is 6.43. The lowest BCUT2D eigenvalue weighted by molar-refractivity contribution is 0.593. The Hall–Kier alpha value is -1.13. The summed E-state index contributed by atoms with van der Waals surface area (Å²) >= 11 is 1.81. The highest BCUT2D eigenvalue weighted by Crippen LogP contribution is 2.20. The van der Waals surface area contributed by atoms with Crippen molar-refractivity contribution in [1.82, 2.24) is 15.1 Å². The van der Waals surface area contributed by atoms with Crippen LogP contribution < -0.4 is 5.32 Å². The molecule has 0 spiro atoms. The van der Waals surface area contributed by atoms with Crippen LogP contribution in [0.4, 0.5) is 0 Å². The molecule has 0 aliphatic carbocycles. The Morgan fingerprint density at radius 2 is 2.44 bits per heavy atom. The largest absolute Gasteiger partial charge is 0.313 e. The quantitative estimate of drug-likeness (QED) is 0.863. The minimum Gasteiger partial charge on any atom is -0.313 e. The summed E-state index contributed by atoms with van der Waals surface area (Å²) in [6, 6.07) is 4.64. The van der Waals surface area contributed by atoms with Crippen molar-refractivity contribution in [2.75, 3.05) is 7.05 Å². The van der Waals surface area contributed by atoms with E-state index in [0.717, 1.165) is 13.0 Å². The van der Waals surface area contributed by atoms with Crippen molar-refractivity contribution in [2.24, 2.45) is 0 Å². The van der Waals surface area contributed by atoms with Gasteiger partial charge in [0.05, 0.1) is 6.20 Å². The van der Waals surface area contributed by atoms with Crippen LogP contribution in [0.2, 0.25) is 0 Å². The number of rotatable bonds is 5. The van der Waals surface area contributed by atoms with Crippen LogP contribution in [0.1, 0.15) is 23.4 Å². The van der Waals surface area contributed by atoms with E-state index in [-0.39, 0.29) is 0 Å². The lowest BCUT2D eigenvalue weighted by Gasteiger charge is -2.12. The Morgan fingerprint density at radius 3 is 3.00 bits per heavy atom. The molecular formula is C12H17N3S. The molecular weight excluding hydrogens is 218 g/mol. The predicted molar refractivity (Wildman–Crippen MR) is 67.7 cm³/mol. The van der Waals surface area contributed by atoms with E-state index < -0.39 is 0 Å². The number of likely N-dealkylation sites (N-methyl/N-ethyl adjacent to an activating group) is 1. The molecule has 0 amide bonds. The molecule has 2 aromatic heterocycles. The third-order valence-electron chi connectivity index (χ3n) is 2.71. The summed E-state index contributed by atoms with van der Waals surface area (Å²) in [7, 11) is 2.00. The topological polar surface area (TPSA) is 29.9 Å². The van der Waals surface area contributed by atoms with Gasteiger partial charge in [-0.3, -0.25) is 4.68 Å². The van der Waals surface area contributed by atoms with Gasteiger partial charge < -0.3 is 5.32 Å². The Balaban J connectivity index is 2.10. The van der Waals surface area contributed by atoms with Crippen LogP contribution in [-0.2, 0) is 13.0 Å². The molecule has 2 heterocycles. The molecule has 1 atom stereocenters. The number of nitrogens with one attached hydrogen (secondary N) is 1. The van der Waals surface area contributed by atoms with Gasteiger partial charge in [0, 0.05) is 35.6 Å². The van der Waals surface area contributed by atoms with Crippen LogP contribution in [0.3, 0.4) is 0 Å². The summed E-state index contributed by atoms with van der Waals surface area (Å²) in [6.45, 7) is 3.03. The lowest BCUT2D eigenvalue weighted by Crippen LogP contribution is -2.17. The normalized spacial score (nSPS) is 12.9. The maximum atomic E-state index is 4.31. The third kappa shape index (κ3) is 2.51. The molecule has 0 aliphatic rings. The molecule has 0 saturated carbocycles. The summed E-state index contributed by atoms with van der Waals surface area (Å²) < 4.78 is 1.97. The van der Waals surface area contributed by atoms with Gasteiger partial charge in [0.25, 0.3) is 0 Å². The fourth-order valence-electron chi connectivity index (χ4n) is 1.75. The SMILES string of the molecule is CCn1cc(C(Cc2cccs2)NC)cn1. The van der Waals surface area contributed by atoms with E-state index in [2.05, 4.69) is 41.0 Å². The Bertz CT molecular complexity index is 419. The van der Waals surface area contributed by atoms with E-state index in [1.807, 2.05) is 17.9 Å². The Morgan fingerprint density at radius 1 is 1.56 bits per heavy atom. The van der Waals surface area contributed by atoms with Gasteiger partial charge in [0.1, 0.15) is 0 Å². The predicted octanol–water partition coefficient (Wildman–Crippen LogP) is 2.47. The van der Waals surface area contributed by atoms with E-state index in [0.29, 0.717) is 6.04 Å². The van der Waals surface area contributed by atoms with E-state index in [9.17, 15) is 0 Å². The van der Waals surface area contributed by atoms with Crippen molar-refractivity contribution in [3.63, 3.8) is 0 Å². The van der Waals surface area contributed by atoms with Crippen molar-refractivity contribution in [1.29, 1.82) is 0 Å². The molecule has 0 fully saturated rings. The van der Waals surface area contributed by atoms with Gasteiger partial charge >= 0.3 is 0 Å². The molecule has 0 saturated heterocycles. The van der Waals surface area contributed by atoms with Crippen molar-refractivity contribution >= 4 is 11.3 Å². The standard InChI is InChI=1S/C12H17N3S/c1-3-15-9-10(8-14-15)12(13-2)7-11-5-4-6-16-11/h4-6,8-9,12-13H,3,7H2,1-2H3. The average Bonchev–Trinajstić information content (AvgIpc) is 2.96. The number of thiophene rings is 1. The van der Waals surface area contributed by atoms with Crippen molar-refractivity contribution in [2.45, 2.75) is 25.9 Å². The molecule has 2 rings (SSSR count). The molecule has 0 bridgehead atoms. The molecule has 1 N–H and O–H groups in total. The molecule has 4 heteroatoms. The van der Waals surface area contributed by atoms with E-state index >= 15 is 0 Å². The molecule has 0 radical (unpaired) electrons. The van der Waals surface area contributed by atoms with Crippen LogP contribution in [0.5, 0.6) is 0 Å². The first kappa shape index (κ1) is 11.4. The monoisotopic (exact) mass is 235 g/mol. The molecule has 3 nitrogen and oxygen atoms in total. The zero-order valence-electron chi connectivity index (χ0n) is 9.68. The highest BCUT2D eigenvalue weighted by molar-refractivity contribution is 7.09. The van der Waals surface area contributed by atoms with Crippen LogP contribution in [0.25, 0.3) is 0 Å². The molecule has 1 unspecified atom stereocenters. The number of aryl methyl sites for hydroxylation is 1. The number of hydrogen-bond acceptors (Lipinski definition) is 3. The maximum absolute atomic E-state index is 4.31. The van der Waals surface area contributed by atoms with Gasteiger partial charge in [0.2, 0.25) is 0 Å². The summed E-state index contributed by atoms with van der Waals surface area (Å²) in [5, 5.41) is 9.78. The minimum absolute atomic E-state index is 0.360. The first-order chi connectivity index (χ1) is 7.83. The van der Waals surface area contributed by atoms with Crippen LogP contribution in [-0.4, -0.2) is 16.8 Å². The van der Waals surface area contributed by atoms with Crippen LogP contribution in [0.15, 0.2) is 29.9 Å². The Kier molecular flexibility index (Phi) is 3.74. The average molecular weight is 235 g/mol. The minimum atomic E-state index is 0.360. The van der Waals surface area contributed by atoms with Crippen molar-refractivity contribution in [3.05, 3.63) is 40.3 Å². The number of aromatic nitrogens is 2. The zero-order valence-corrected chi connectivity index (χ0v) is 10.5. The summed E-state index contributed by atoms with van der Waals surface area (Å²) in [5.41, 5.74) is 1.26. The fraction of sp³-hybridized carbons (Fsp3) is 0.417. The molecule has 86 valence electrons. The highest BCUT2D eigenvalue weighted by atomic mass is 32.1. The van der Waals surface area contributed by atoms with Gasteiger partial charge in [-0.05, 0) is 25.4 Å². The summed E-state index contributed by atoms with van der Waals surface area (Å²) in [5.74, 6) is 0. The lowest BCUT2D eigenvalue weighted by atomic mass is 10.1. The van der Waals surface area contributed by atoms with Gasteiger partial charge in [-0.25, -0.2) is 0 Å². The maximum Gasteiger partial charge on any atom is 0.0537 e. The smallest absolute Gasteiger partial charge is 0.0537 e. The number of hydrogen-bond donors (Lipinski definition) is 1. The molecule has 2 aromatic rings. The summed E-state index contributed by atoms with van der Waals surface area (Å²) in [4.78, 5) is 1.41. The second-order valence-corrected chi connectivity index (χ2v) is 4.79. The third-order valence-corrected chi connectivity index (χ3v) is 3.61. The molecule has 0 aliphatic heterocycles. The van der Waals surface area contributed by atoms with Crippen molar-refractivity contribution in [3.8, 4) is 0 Å². The Labute approximate surface area is 100 Å². The zero-order chi connectivity index (χ0) is 11.4. The fourth-order valence-corrected chi connectivity index (χ4v) is 2.50. The number of nitrogens with zero attached hydrogens (tertiary/aromatic N) is 2. The van der Waals surface area contributed by atoms with Crippen LogP contribution >= 0.6 is 11.3 Å². The van der Waals surface area contributed by atoms with Crippen LogP contribution in [0, 0.1) is 0 Å². The van der Waals surface area contributed by atoms with Crippen molar-refractivity contribution < 1.29 is 0 Å². The molecule has 0 aromatic carbocycles. The van der Waals surface area contributed by atoms with E-state index in [1.165, 1.54) is 10.4 Å². The van der Waals surface area contributed by atoms with Gasteiger partial charge in [-0.15, -0.1) is 11.3 Å². The van der Waals surface area contributed by atoms with Gasteiger partial charge in [0.15, 0.2) is 0 Å². The first-order valence-electron chi connectivity index (χ1n) is 5.55.